The number of hydrogen-bond acceptors (Lipinski definition) is 4. The van der Waals surface area contributed by atoms with E-state index in [1.54, 1.807) is 18.5 Å². The van der Waals surface area contributed by atoms with Crippen LogP contribution in [0.25, 0.3) is 0 Å². The van der Waals surface area contributed by atoms with Crippen LogP contribution >= 0.6 is 11.6 Å². The lowest BCUT2D eigenvalue weighted by atomic mass is 9.98. The Labute approximate surface area is 157 Å². The van der Waals surface area contributed by atoms with Crippen molar-refractivity contribution in [1.82, 2.24) is 9.88 Å². The molecular formula is C20H21ClN2O3. The molecule has 0 bridgehead atoms. The summed E-state index contributed by atoms with van der Waals surface area (Å²) >= 11 is 6.10. The molecule has 0 saturated carbocycles. The zero-order valence-electron chi connectivity index (χ0n) is 14.4. The summed E-state index contributed by atoms with van der Waals surface area (Å²) in [6.45, 7) is 1.86. The summed E-state index contributed by atoms with van der Waals surface area (Å²) in [5, 5.41) is 0.514. The Balaban J connectivity index is 1.32. The first-order valence-electron chi connectivity index (χ1n) is 8.94. The van der Waals surface area contributed by atoms with Gasteiger partial charge < -0.3 is 14.4 Å². The van der Waals surface area contributed by atoms with E-state index < -0.39 is 0 Å². The molecule has 1 atom stereocenters. The zero-order chi connectivity index (χ0) is 17.9. The minimum absolute atomic E-state index is 0.0620. The van der Waals surface area contributed by atoms with E-state index in [1.165, 1.54) is 11.1 Å². The molecule has 6 heteroatoms. The quantitative estimate of drug-likeness (QED) is 0.830. The van der Waals surface area contributed by atoms with Crippen LogP contribution in [-0.2, 0) is 22.6 Å². The highest BCUT2D eigenvalue weighted by Gasteiger charge is 2.32. The lowest BCUT2D eigenvalue weighted by molar-refractivity contribution is -0.147. The van der Waals surface area contributed by atoms with Crippen molar-refractivity contribution >= 4 is 17.5 Å². The number of ether oxygens (including phenoxy) is 2. The van der Waals surface area contributed by atoms with Crippen LogP contribution in [0.15, 0.2) is 42.7 Å². The second-order valence-corrected chi connectivity index (χ2v) is 7.13. The standard InChI is InChI=1S/C20H21ClN2O3/c21-17-12-22-8-5-18(17)26-16-6-9-23(10-7-16)20(24)19-11-14-3-1-2-4-15(14)13-25-19/h1-5,8,12,16,19H,6-7,9-11,13H2/t19-/m0/s1. The number of rotatable bonds is 3. The topological polar surface area (TPSA) is 51.7 Å². The Kier molecular flexibility index (Phi) is 5.09. The van der Waals surface area contributed by atoms with Crippen LogP contribution in [0.3, 0.4) is 0 Å². The highest BCUT2D eigenvalue weighted by molar-refractivity contribution is 6.31. The molecule has 0 spiro atoms. The maximum atomic E-state index is 12.8. The summed E-state index contributed by atoms with van der Waals surface area (Å²) in [6, 6.07) is 9.93. The Morgan fingerprint density at radius 3 is 2.73 bits per heavy atom. The third kappa shape index (κ3) is 3.69. The highest BCUT2D eigenvalue weighted by atomic mass is 35.5. The minimum Gasteiger partial charge on any atom is -0.489 e. The number of hydrogen-bond donors (Lipinski definition) is 0. The summed E-state index contributed by atoms with van der Waals surface area (Å²) in [7, 11) is 0. The Bertz CT molecular complexity index is 790. The Hall–Kier alpha value is -2.11. The molecule has 1 saturated heterocycles. The van der Waals surface area contributed by atoms with E-state index >= 15 is 0 Å². The fourth-order valence-corrected chi connectivity index (χ4v) is 3.70. The van der Waals surface area contributed by atoms with Gasteiger partial charge in [-0.05, 0) is 11.1 Å². The molecule has 26 heavy (non-hydrogen) atoms. The van der Waals surface area contributed by atoms with Gasteiger partial charge in [-0.25, -0.2) is 0 Å². The van der Waals surface area contributed by atoms with Crippen molar-refractivity contribution in [2.75, 3.05) is 13.1 Å². The zero-order valence-corrected chi connectivity index (χ0v) is 15.2. The van der Waals surface area contributed by atoms with E-state index in [2.05, 4.69) is 17.1 Å². The lowest BCUT2D eigenvalue weighted by Gasteiger charge is -2.35. The van der Waals surface area contributed by atoms with Gasteiger partial charge in [-0.2, -0.15) is 0 Å². The largest absolute Gasteiger partial charge is 0.489 e. The molecule has 0 aliphatic carbocycles. The molecular weight excluding hydrogens is 352 g/mol. The lowest BCUT2D eigenvalue weighted by Crippen LogP contribution is -2.48. The number of piperidine rings is 1. The number of likely N-dealkylation sites (tertiary alicyclic amines) is 1. The smallest absolute Gasteiger partial charge is 0.252 e. The van der Waals surface area contributed by atoms with E-state index in [-0.39, 0.29) is 18.1 Å². The SMILES string of the molecule is O=C([C@@H]1Cc2ccccc2CO1)N1CCC(Oc2ccncc2Cl)CC1. The van der Waals surface area contributed by atoms with Crippen molar-refractivity contribution in [3.05, 3.63) is 58.9 Å². The molecule has 136 valence electrons. The van der Waals surface area contributed by atoms with Crippen LogP contribution < -0.4 is 4.74 Å². The van der Waals surface area contributed by atoms with Crippen LogP contribution in [0.4, 0.5) is 0 Å². The number of fused-ring (bicyclic) bond motifs is 1. The summed E-state index contributed by atoms with van der Waals surface area (Å²) < 4.78 is 11.8. The molecule has 3 heterocycles. The van der Waals surface area contributed by atoms with E-state index in [0.29, 0.717) is 36.9 Å². The molecule has 1 aromatic heterocycles. The van der Waals surface area contributed by atoms with Gasteiger partial charge in [0.25, 0.3) is 5.91 Å². The van der Waals surface area contributed by atoms with Crippen molar-refractivity contribution in [1.29, 1.82) is 0 Å². The minimum atomic E-state index is -0.378. The van der Waals surface area contributed by atoms with Gasteiger partial charge in [0.1, 0.15) is 23.0 Å². The molecule has 0 radical (unpaired) electrons. The van der Waals surface area contributed by atoms with Gasteiger partial charge in [0, 0.05) is 50.8 Å². The molecule has 0 unspecified atom stereocenters. The van der Waals surface area contributed by atoms with Gasteiger partial charge in [0.15, 0.2) is 0 Å². The van der Waals surface area contributed by atoms with Gasteiger partial charge in [-0.3, -0.25) is 9.78 Å². The van der Waals surface area contributed by atoms with Gasteiger partial charge in [0.2, 0.25) is 0 Å². The van der Waals surface area contributed by atoms with E-state index in [9.17, 15) is 4.79 Å². The van der Waals surface area contributed by atoms with Gasteiger partial charge in [-0.1, -0.05) is 35.9 Å². The first-order chi connectivity index (χ1) is 12.7. The maximum absolute atomic E-state index is 12.8. The monoisotopic (exact) mass is 372 g/mol. The number of benzene rings is 1. The normalized spacial score (nSPS) is 20.5. The third-order valence-corrected chi connectivity index (χ3v) is 5.31. The molecule has 2 aliphatic rings. The van der Waals surface area contributed by atoms with Crippen molar-refractivity contribution in [3.8, 4) is 5.75 Å². The van der Waals surface area contributed by atoms with Crippen LogP contribution in [0.5, 0.6) is 5.75 Å². The predicted octanol–water partition coefficient (Wildman–Crippen LogP) is 3.25. The third-order valence-electron chi connectivity index (χ3n) is 5.02. The number of halogens is 1. The highest BCUT2D eigenvalue weighted by Crippen LogP contribution is 2.27. The van der Waals surface area contributed by atoms with Crippen LogP contribution in [0.2, 0.25) is 5.02 Å². The number of carbonyl (C=O) groups is 1. The summed E-state index contributed by atoms with van der Waals surface area (Å²) in [6.07, 6.45) is 5.15. The number of amides is 1. The molecule has 1 fully saturated rings. The van der Waals surface area contributed by atoms with Gasteiger partial charge in [-0.15, -0.1) is 0 Å². The molecule has 4 rings (SSSR count). The summed E-state index contributed by atoms with van der Waals surface area (Å²) in [5.41, 5.74) is 2.39. The summed E-state index contributed by atoms with van der Waals surface area (Å²) in [5.74, 6) is 0.735. The average molecular weight is 373 g/mol. The van der Waals surface area contributed by atoms with Crippen molar-refractivity contribution in [2.24, 2.45) is 0 Å². The predicted molar refractivity (Wildman–Crippen MR) is 98.2 cm³/mol. The fourth-order valence-electron chi connectivity index (χ4n) is 3.54. The van der Waals surface area contributed by atoms with Crippen molar-refractivity contribution < 1.29 is 14.3 Å². The van der Waals surface area contributed by atoms with Crippen molar-refractivity contribution in [2.45, 2.75) is 38.1 Å². The van der Waals surface area contributed by atoms with Gasteiger partial charge >= 0.3 is 0 Å². The van der Waals surface area contributed by atoms with Crippen LogP contribution in [0, 0.1) is 0 Å². The van der Waals surface area contributed by atoms with Crippen LogP contribution in [0.1, 0.15) is 24.0 Å². The van der Waals surface area contributed by atoms with Crippen molar-refractivity contribution in [3.63, 3.8) is 0 Å². The molecule has 2 aliphatic heterocycles. The first kappa shape index (κ1) is 17.3. The second-order valence-electron chi connectivity index (χ2n) is 6.72. The maximum Gasteiger partial charge on any atom is 0.252 e. The molecule has 1 aromatic carbocycles. The molecule has 5 nitrogen and oxygen atoms in total. The average Bonchev–Trinajstić information content (AvgIpc) is 2.69. The first-order valence-corrected chi connectivity index (χ1v) is 9.32. The Morgan fingerprint density at radius 2 is 1.96 bits per heavy atom. The summed E-state index contributed by atoms with van der Waals surface area (Å²) in [4.78, 5) is 18.7. The molecule has 2 aromatic rings. The number of pyridine rings is 1. The number of carbonyl (C=O) groups excluding carboxylic acids is 1. The number of aromatic nitrogens is 1. The van der Waals surface area contributed by atoms with E-state index in [4.69, 9.17) is 21.1 Å². The second kappa shape index (κ2) is 7.64. The van der Waals surface area contributed by atoms with Crippen LogP contribution in [-0.4, -0.2) is 41.1 Å². The fraction of sp³-hybridized carbons (Fsp3) is 0.400. The van der Waals surface area contributed by atoms with E-state index in [0.717, 1.165) is 12.8 Å². The molecule has 0 N–H and O–H groups in total. The van der Waals surface area contributed by atoms with E-state index in [1.807, 2.05) is 17.0 Å². The van der Waals surface area contributed by atoms with Gasteiger partial charge in [0.05, 0.1) is 6.61 Å². The molecule has 1 amide bonds. The number of nitrogens with zero attached hydrogens (tertiary/aromatic N) is 2. The Morgan fingerprint density at radius 1 is 1.19 bits per heavy atom.